The first-order valence-electron chi connectivity index (χ1n) is 7.89. The average molecular weight is 314 g/mol. The van der Waals surface area contributed by atoms with Crippen molar-refractivity contribution in [1.29, 1.82) is 0 Å². The highest BCUT2D eigenvalue weighted by Gasteiger charge is 2.23. The lowest BCUT2D eigenvalue weighted by Gasteiger charge is -2.24. The molecule has 128 valence electrons. The largest absolute Gasteiger partial charge is 0.452 e. The topological polar surface area (TPSA) is 77.3 Å². The molecule has 22 heavy (non-hydrogen) atoms. The molecule has 0 spiro atoms. The summed E-state index contributed by atoms with van der Waals surface area (Å²) >= 11 is 0. The Labute approximate surface area is 133 Å². The van der Waals surface area contributed by atoms with Crippen LogP contribution < -0.4 is 0 Å². The van der Waals surface area contributed by atoms with E-state index in [1.54, 1.807) is 0 Å². The molecule has 0 heterocycles. The van der Waals surface area contributed by atoms with Crippen LogP contribution in [0.2, 0.25) is 0 Å². The monoisotopic (exact) mass is 314 g/mol. The lowest BCUT2D eigenvalue weighted by atomic mass is 9.96. The number of carbonyl (C=O) groups is 2. The van der Waals surface area contributed by atoms with Gasteiger partial charge >= 0.3 is 12.2 Å². The Bertz CT molecular complexity index is 338. The molecular weight excluding hydrogens is 284 g/mol. The van der Waals surface area contributed by atoms with E-state index in [0.717, 1.165) is 0 Å². The van der Waals surface area contributed by atoms with Crippen LogP contribution in [0.1, 0.15) is 55.4 Å². The van der Waals surface area contributed by atoms with Crippen molar-refractivity contribution in [3.05, 3.63) is 0 Å². The molecule has 0 aliphatic heterocycles. The zero-order valence-corrected chi connectivity index (χ0v) is 15.0. The second-order valence-electron chi connectivity index (χ2n) is 6.87. The van der Waals surface area contributed by atoms with E-state index in [4.69, 9.17) is 9.47 Å². The van der Waals surface area contributed by atoms with E-state index in [0.29, 0.717) is 0 Å². The standard InChI is InChI=1S/C16H30N2O4/c1-9(2)13(10(3)4)21-15(19)17-18-16(20)22-14(11(5)6)12(7)8/h9-14H,1-8H3. The lowest BCUT2D eigenvalue weighted by molar-refractivity contribution is 0.0421. The van der Waals surface area contributed by atoms with Gasteiger partial charge in [0.25, 0.3) is 0 Å². The number of hydrogen-bond acceptors (Lipinski definition) is 4. The maximum atomic E-state index is 11.6. The van der Waals surface area contributed by atoms with Gasteiger partial charge < -0.3 is 9.47 Å². The molecule has 0 aliphatic rings. The molecule has 0 N–H and O–H groups in total. The fourth-order valence-corrected chi connectivity index (χ4v) is 2.45. The zero-order valence-electron chi connectivity index (χ0n) is 15.0. The molecule has 0 radical (unpaired) electrons. The molecule has 0 fully saturated rings. The number of carbonyl (C=O) groups excluding carboxylic acids is 2. The molecule has 0 aromatic carbocycles. The number of rotatable bonds is 6. The van der Waals surface area contributed by atoms with Gasteiger partial charge in [0.1, 0.15) is 12.2 Å². The smallest absolute Gasteiger partial charge is 0.443 e. The van der Waals surface area contributed by atoms with Crippen LogP contribution in [-0.2, 0) is 9.47 Å². The predicted octanol–water partition coefficient (Wildman–Crippen LogP) is 5.07. The minimum atomic E-state index is -0.866. The van der Waals surface area contributed by atoms with Gasteiger partial charge in [0.2, 0.25) is 0 Å². The Morgan fingerprint density at radius 3 is 1.00 bits per heavy atom. The van der Waals surface area contributed by atoms with E-state index in [1.807, 2.05) is 55.4 Å². The maximum Gasteiger partial charge on any atom is 0.452 e. The first kappa shape index (κ1) is 20.5. The molecule has 0 unspecified atom stereocenters. The van der Waals surface area contributed by atoms with Crippen molar-refractivity contribution in [2.45, 2.75) is 67.6 Å². The van der Waals surface area contributed by atoms with Crippen LogP contribution in [0.5, 0.6) is 0 Å². The molecule has 0 aliphatic carbocycles. The summed E-state index contributed by atoms with van der Waals surface area (Å²) in [5.74, 6) is 0.657. The third-order valence-electron chi connectivity index (χ3n) is 3.32. The minimum absolute atomic E-state index is 0.164. The minimum Gasteiger partial charge on any atom is -0.443 e. The summed E-state index contributed by atoms with van der Waals surface area (Å²) < 4.78 is 10.4. The molecule has 2 amide bonds. The first-order valence-corrected chi connectivity index (χ1v) is 7.89. The van der Waals surface area contributed by atoms with Gasteiger partial charge in [-0.05, 0) is 23.7 Å². The van der Waals surface area contributed by atoms with Crippen LogP contribution in [0.25, 0.3) is 0 Å². The van der Waals surface area contributed by atoms with Gasteiger partial charge in [-0.3, -0.25) is 0 Å². The van der Waals surface area contributed by atoms with Gasteiger partial charge in [-0.1, -0.05) is 65.6 Å². The summed E-state index contributed by atoms with van der Waals surface area (Å²) in [5.41, 5.74) is 0. The van der Waals surface area contributed by atoms with Crippen LogP contribution >= 0.6 is 0 Å². The second kappa shape index (κ2) is 9.54. The van der Waals surface area contributed by atoms with E-state index in [2.05, 4.69) is 10.2 Å². The van der Waals surface area contributed by atoms with E-state index in [-0.39, 0.29) is 35.9 Å². The average Bonchev–Trinajstić information content (AvgIpc) is 2.38. The summed E-state index contributed by atoms with van der Waals surface area (Å²) in [7, 11) is 0. The van der Waals surface area contributed by atoms with Crippen LogP contribution in [0.15, 0.2) is 10.2 Å². The van der Waals surface area contributed by atoms with E-state index >= 15 is 0 Å². The third kappa shape index (κ3) is 7.52. The molecule has 0 rings (SSSR count). The number of azo groups is 1. The normalized spacial score (nSPS) is 12.5. The van der Waals surface area contributed by atoms with Crippen molar-refractivity contribution in [1.82, 2.24) is 0 Å². The second-order valence-corrected chi connectivity index (χ2v) is 6.87. The van der Waals surface area contributed by atoms with Crippen LogP contribution in [-0.4, -0.2) is 24.4 Å². The molecular formula is C16H30N2O4. The summed E-state index contributed by atoms with van der Waals surface area (Å²) in [5, 5.41) is 6.58. The Morgan fingerprint density at radius 1 is 0.591 bits per heavy atom. The van der Waals surface area contributed by atoms with Gasteiger partial charge in [0, 0.05) is 0 Å². The Kier molecular flexibility index (Phi) is 8.90. The Hall–Kier alpha value is -1.46. The Morgan fingerprint density at radius 2 is 0.818 bits per heavy atom. The van der Waals surface area contributed by atoms with Crippen LogP contribution in [0, 0.1) is 23.7 Å². The molecule has 0 saturated carbocycles. The summed E-state index contributed by atoms with van der Waals surface area (Å²) in [6.45, 7) is 15.7. The van der Waals surface area contributed by atoms with E-state index in [9.17, 15) is 9.59 Å². The molecule has 0 aromatic heterocycles. The molecule has 0 saturated heterocycles. The van der Waals surface area contributed by atoms with Gasteiger partial charge in [-0.15, -0.1) is 0 Å². The van der Waals surface area contributed by atoms with Gasteiger partial charge in [-0.25, -0.2) is 9.59 Å². The van der Waals surface area contributed by atoms with E-state index < -0.39 is 12.2 Å². The van der Waals surface area contributed by atoms with Gasteiger partial charge in [0.15, 0.2) is 0 Å². The summed E-state index contributed by atoms with van der Waals surface area (Å²) in [4.78, 5) is 23.3. The van der Waals surface area contributed by atoms with Crippen molar-refractivity contribution in [3.63, 3.8) is 0 Å². The lowest BCUT2D eigenvalue weighted by Crippen LogP contribution is -2.28. The third-order valence-corrected chi connectivity index (χ3v) is 3.32. The first-order chi connectivity index (χ1) is 10.1. The number of ether oxygens (including phenoxy) is 2. The molecule has 0 aromatic rings. The maximum absolute atomic E-state index is 11.6. The van der Waals surface area contributed by atoms with Crippen molar-refractivity contribution >= 4 is 12.2 Å². The number of nitrogens with zero attached hydrogens (tertiary/aromatic N) is 2. The van der Waals surface area contributed by atoms with Crippen LogP contribution in [0.3, 0.4) is 0 Å². The fourth-order valence-electron chi connectivity index (χ4n) is 2.45. The van der Waals surface area contributed by atoms with E-state index in [1.165, 1.54) is 0 Å². The zero-order chi connectivity index (χ0) is 17.4. The molecule has 0 atom stereocenters. The SMILES string of the molecule is CC(C)C(OC(=O)N=NC(=O)OC(C(C)C)C(C)C)C(C)C. The molecule has 6 heteroatoms. The van der Waals surface area contributed by atoms with Gasteiger partial charge in [0.05, 0.1) is 0 Å². The van der Waals surface area contributed by atoms with Crippen molar-refractivity contribution < 1.29 is 19.1 Å². The molecule has 6 nitrogen and oxygen atoms in total. The summed E-state index contributed by atoms with van der Waals surface area (Å²) in [6.07, 6.45) is -2.26. The fraction of sp³-hybridized carbons (Fsp3) is 0.875. The van der Waals surface area contributed by atoms with Gasteiger partial charge in [-0.2, -0.15) is 0 Å². The highest BCUT2D eigenvalue weighted by Crippen LogP contribution is 2.18. The van der Waals surface area contributed by atoms with Crippen molar-refractivity contribution in [2.24, 2.45) is 33.9 Å². The number of hydrogen-bond donors (Lipinski definition) is 0. The molecule has 0 bridgehead atoms. The quantitative estimate of drug-likeness (QED) is 0.641. The van der Waals surface area contributed by atoms with Crippen molar-refractivity contribution in [2.75, 3.05) is 0 Å². The summed E-state index contributed by atoms with van der Waals surface area (Å²) in [6, 6.07) is 0. The van der Waals surface area contributed by atoms with Crippen LogP contribution in [0.4, 0.5) is 9.59 Å². The number of amides is 2. The predicted molar refractivity (Wildman–Crippen MR) is 84.7 cm³/mol. The highest BCUT2D eigenvalue weighted by atomic mass is 16.6. The Balaban J connectivity index is 4.57. The van der Waals surface area contributed by atoms with Crippen molar-refractivity contribution in [3.8, 4) is 0 Å². The highest BCUT2D eigenvalue weighted by molar-refractivity contribution is 5.73.